The third-order valence-corrected chi connectivity index (χ3v) is 6.49. The molecule has 3 rings (SSSR count). The van der Waals surface area contributed by atoms with Crippen molar-refractivity contribution in [1.82, 2.24) is 5.32 Å². The Morgan fingerprint density at radius 1 is 1.29 bits per heavy atom. The molecule has 8 heteroatoms. The summed E-state index contributed by atoms with van der Waals surface area (Å²) in [6.07, 6.45) is 5.32. The first-order valence-electron chi connectivity index (χ1n) is 9.82. The van der Waals surface area contributed by atoms with Gasteiger partial charge in [0.1, 0.15) is 5.69 Å². The van der Waals surface area contributed by atoms with Gasteiger partial charge >= 0.3 is 0 Å². The zero-order valence-electron chi connectivity index (χ0n) is 16.5. The van der Waals surface area contributed by atoms with Crippen molar-refractivity contribution in [2.24, 2.45) is 5.92 Å². The number of hydrogen-bond donors (Lipinski definition) is 3. The Balaban J connectivity index is 1.83. The average molecular weight is 410 g/mol. The van der Waals surface area contributed by atoms with Gasteiger partial charge in [-0.1, -0.05) is 18.5 Å². The van der Waals surface area contributed by atoms with Crippen LogP contribution in [0.15, 0.2) is 12.1 Å². The lowest BCUT2D eigenvalue weighted by molar-refractivity contribution is -0.384. The lowest BCUT2D eigenvalue weighted by Crippen LogP contribution is -2.44. The van der Waals surface area contributed by atoms with Crippen LogP contribution in [-0.4, -0.2) is 33.1 Å². The number of carbonyl (C=O) groups is 1. The first-order chi connectivity index (χ1) is 13.0. The summed E-state index contributed by atoms with van der Waals surface area (Å²) in [6.45, 7) is 5.55. The highest BCUT2D eigenvalue weighted by atomic mass is 35.5. The number of anilines is 1. The molecule has 7 nitrogen and oxygen atoms in total. The summed E-state index contributed by atoms with van der Waals surface area (Å²) in [5.41, 5.74) is -1.56. The number of nitro benzene ring substituents is 1. The van der Waals surface area contributed by atoms with Crippen LogP contribution in [0.3, 0.4) is 0 Å². The van der Waals surface area contributed by atoms with Crippen LogP contribution in [0.2, 0.25) is 5.02 Å². The van der Waals surface area contributed by atoms with E-state index in [4.69, 9.17) is 11.6 Å². The molecule has 0 radical (unpaired) electrons. The number of hydrogen-bond acceptors (Lipinski definition) is 5. The summed E-state index contributed by atoms with van der Waals surface area (Å²) >= 11 is 6.32. The SMILES string of the molecule is CC1CCC(NC(=O)c2cc([N+](=O)[O-])c(NC3(C(C)(C)O)CC3)cc2Cl)CC1. The molecule has 1 amide bonds. The van der Waals surface area contributed by atoms with Gasteiger partial charge in [0.05, 0.1) is 26.6 Å². The largest absolute Gasteiger partial charge is 0.388 e. The summed E-state index contributed by atoms with van der Waals surface area (Å²) in [5.74, 6) is 0.275. The van der Waals surface area contributed by atoms with Crippen LogP contribution in [0.4, 0.5) is 11.4 Å². The van der Waals surface area contributed by atoms with Gasteiger partial charge < -0.3 is 15.7 Å². The Hall–Kier alpha value is -1.86. The summed E-state index contributed by atoms with van der Waals surface area (Å²) in [6, 6.07) is 2.72. The maximum atomic E-state index is 12.7. The number of halogens is 1. The molecule has 0 aliphatic heterocycles. The standard InChI is InChI=1S/C20H28ClN3O4/c1-12-4-6-13(7-5-12)22-18(25)14-10-17(24(27)28)16(11-15(14)21)23-20(8-9-20)19(2,3)26/h10-13,23,26H,4-9H2,1-3H3,(H,22,25). The van der Waals surface area contributed by atoms with Crippen molar-refractivity contribution >= 4 is 28.9 Å². The molecule has 3 N–H and O–H groups in total. The number of benzene rings is 1. The van der Waals surface area contributed by atoms with Crippen LogP contribution in [0, 0.1) is 16.0 Å². The second-order valence-electron chi connectivity index (χ2n) is 8.80. The van der Waals surface area contributed by atoms with Gasteiger partial charge in [-0.3, -0.25) is 14.9 Å². The molecule has 0 saturated heterocycles. The molecule has 0 atom stereocenters. The van der Waals surface area contributed by atoms with Crippen molar-refractivity contribution in [2.75, 3.05) is 5.32 Å². The van der Waals surface area contributed by atoms with E-state index in [2.05, 4.69) is 17.6 Å². The molecule has 1 aromatic rings. The van der Waals surface area contributed by atoms with E-state index in [1.807, 2.05) is 0 Å². The Labute approximate surface area is 170 Å². The predicted octanol–water partition coefficient (Wildman–Crippen LogP) is 4.27. The number of amides is 1. The van der Waals surface area contributed by atoms with E-state index in [0.29, 0.717) is 18.8 Å². The Morgan fingerprint density at radius 3 is 2.39 bits per heavy atom. The van der Waals surface area contributed by atoms with Crippen molar-refractivity contribution in [1.29, 1.82) is 0 Å². The van der Waals surface area contributed by atoms with E-state index in [1.54, 1.807) is 13.8 Å². The zero-order valence-corrected chi connectivity index (χ0v) is 17.3. The molecule has 0 spiro atoms. The monoisotopic (exact) mass is 409 g/mol. The van der Waals surface area contributed by atoms with E-state index >= 15 is 0 Å². The maximum absolute atomic E-state index is 12.7. The Bertz CT molecular complexity index is 778. The first-order valence-corrected chi connectivity index (χ1v) is 10.2. The van der Waals surface area contributed by atoms with Crippen molar-refractivity contribution in [3.05, 3.63) is 32.8 Å². The topological polar surface area (TPSA) is 104 Å². The van der Waals surface area contributed by atoms with E-state index in [1.165, 1.54) is 12.1 Å². The zero-order chi connectivity index (χ0) is 20.7. The van der Waals surface area contributed by atoms with Gasteiger partial charge in [0.15, 0.2) is 0 Å². The second-order valence-corrected chi connectivity index (χ2v) is 9.21. The third-order valence-electron chi connectivity index (χ3n) is 6.17. The quantitative estimate of drug-likeness (QED) is 0.480. The molecule has 2 fully saturated rings. The fourth-order valence-corrected chi connectivity index (χ4v) is 4.18. The summed E-state index contributed by atoms with van der Waals surface area (Å²) in [5, 5.41) is 28.2. The minimum absolute atomic E-state index is 0.0709. The Morgan fingerprint density at radius 2 is 1.89 bits per heavy atom. The number of aliphatic hydroxyl groups is 1. The fraction of sp³-hybridized carbons (Fsp3) is 0.650. The van der Waals surface area contributed by atoms with Crippen molar-refractivity contribution in [3.63, 3.8) is 0 Å². The number of rotatable bonds is 6. The number of nitrogens with zero attached hydrogens (tertiary/aromatic N) is 1. The lowest BCUT2D eigenvalue weighted by atomic mass is 9.87. The molecule has 0 heterocycles. The van der Waals surface area contributed by atoms with E-state index in [-0.39, 0.29) is 33.9 Å². The minimum Gasteiger partial charge on any atom is -0.388 e. The van der Waals surface area contributed by atoms with E-state index in [0.717, 1.165) is 25.7 Å². The maximum Gasteiger partial charge on any atom is 0.293 e. The van der Waals surface area contributed by atoms with Gasteiger partial charge in [0.25, 0.3) is 11.6 Å². The molecule has 2 aliphatic rings. The summed E-state index contributed by atoms with van der Waals surface area (Å²) < 4.78 is 0. The van der Waals surface area contributed by atoms with E-state index in [9.17, 15) is 20.0 Å². The lowest BCUT2D eigenvalue weighted by Gasteiger charge is -2.31. The second kappa shape index (κ2) is 7.52. The summed E-state index contributed by atoms with van der Waals surface area (Å²) in [4.78, 5) is 23.8. The van der Waals surface area contributed by atoms with E-state index < -0.39 is 16.1 Å². The summed E-state index contributed by atoms with van der Waals surface area (Å²) in [7, 11) is 0. The molecule has 0 aromatic heterocycles. The highest BCUT2D eigenvalue weighted by Gasteiger charge is 2.54. The normalized spacial score (nSPS) is 23.8. The highest BCUT2D eigenvalue weighted by Crippen LogP contribution is 2.49. The number of carbonyl (C=O) groups excluding carboxylic acids is 1. The average Bonchev–Trinajstić information content (AvgIpc) is 3.37. The van der Waals surface area contributed by atoms with Crippen molar-refractivity contribution in [2.45, 2.75) is 76.5 Å². The fourth-order valence-electron chi connectivity index (χ4n) is 3.93. The predicted molar refractivity (Wildman–Crippen MR) is 109 cm³/mol. The molecule has 0 unspecified atom stereocenters. The number of nitrogens with one attached hydrogen (secondary N) is 2. The van der Waals surface area contributed by atoms with Gasteiger partial charge in [-0.15, -0.1) is 0 Å². The molecule has 28 heavy (non-hydrogen) atoms. The minimum atomic E-state index is -1.04. The van der Waals surface area contributed by atoms with Crippen LogP contribution in [0.1, 0.15) is 69.7 Å². The van der Waals surface area contributed by atoms with Gasteiger partial charge in [-0.25, -0.2) is 0 Å². The smallest absolute Gasteiger partial charge is 0.293 e. The van der Waals surface area contributed by atoms with Crippen LogP contribution < -0.4 is 10.6 Å². The van der Waals surface area contributed by atoms with Crippen LogP contribution in [-0.2, 0) is 0 Å². The molecule has 2 saturated carbocycles. The first kappa shape index (κ1) is 20.9. The van der Waals surface area contributed by atoms with Gasteiger partial charge in [0.2, 0.25) is 0 Å². The molecule has 1 aromatic carbocycles. The van der Waals surface area contributed by atoms with Gasteiger partial charge in [-0.05, 0) is 64.4 Å². The molecular weight excluding hydrogens is 382 g/mol. The van der Waals surface area contributed by atoms with Crippen molar-refractivity contribution < 1.29 is 14.8 Å². The molecular formula is C20H28ClN3O4. The van der Waals surface area contributed by atoms with Crippen LogP contribution in [0.25, 0.3) is 0 Å². The third kappa shape index (κ3) is 4.25. The van der Waals surface area contributed by atoms with Gasteiger partial charge in [-0.2, -0.15) is 0 Å². The Kier molecular flexibility index (Phi) is 5.60. The molecule has 154 valence electrons. The van der Waals surface area contributed by atoms with Gasteiger partial charge in [0, 0.05) is 12.1 Å². The molecule has 2 aliphatic carbocycles. The van der Waals surface area contributed by atoms with Crippen molar-refractivity contribution in [3.8, 4) is 0 Å². The van der Waals surface area contributed by atoms with Crippen LogP contribution in [0.5, 0.6) is 0 Å². The van der Waals surface area contributed by atoms with Crippen LogP contribution >= 0.6 is 11.6 Å². The molecule has 0 bridgehead atoms. The highest BCUT2D eigenvalue weighted by molar-refractivity contribution is 6.34. The number of nitro groups is 1.